The van der Waals surface area contributed by atoms with E-state index in [1.165, 1.54) is 37.7 Å². The first-order valence-electron chi connectivity index (χ1n) is 7.74. The summed E-state index contributed by atoms with van der Waals surface area (Å²) in [5.41, 5.74) is 2.29. The fraction of sp³-hybridized carbons (Fsp3) is 0.588. The molecule has 2 fully saturated rings. The van der Waals surface area contributed by atoms with Crippen molar-refractivity contribution in [2.24, 2.45) is 0 Å². The van der Waals surface area contributed by atoms with Crippen LogP contribution in [0.5, 0.6) is 0 Å². The molecular weight excluding hydrogens is 234 g/mol. The van der Waals surface area contributed by atoms with Gasteiger partial charge in [-0.1, -0.05) is 31.4 Å². The molecule has 1 aliphatic carbocycles. The van der Waals surface area contributed by atoms with Crippen LogP contribution in [-0.2, 0) is 0 Å². The molecule has 1 heterocycles. The van der Waals surface area contributed by atoms with E-state index in [0.29, 0.717) is 0 Å². The monoisotopic (exact) mass is 257 g/mol. The zero-order valence-corrected chi connectivity index (χ0v) is 11.6. The van der Waals surface area contributed by atoms with Crippen LogP contribution < -0.4 is 0 Å². The molecule has 0 spiro atoms. The topological polar surface area (TPSA) is 20.3 Å². The van der Waals surface area contributed by atoms with Crippen LogP contribution in [0.3, 0.4) is 0 Å². The molecule has 0 aromatic heterocycles. The summed E-state index contributed by atoms with van der Waals surface area (Å²) in [4.78, 5) is 14.2. The second-order valence-electron chi connectivity index (χ2n) is 5.96. The Balaban J connectivity index is 1.69. The number of likely N-dealkylation sites (tertiary alicyclic amines) is 1. The van der Waals surface area contributed by atoms with Gasteiger partial charge in [0.2, 0.25) is 0 Å². The molecule has 1 amide bonds. The molecule has 0 bridgehead atoms. The van der Waals surface area contributed by atoms with Crippen molar-refractivity contribution >= 4 is 5.91 Å². The summed E-state index contributed by atoms with van der Waals surface area (Å²) in [5.74, 6) is 0.942. The van der Waals surface area contributed by atoms with E-state index in [9.17, 15) is 4.79 Å². The van der Waals surface area contributed by atoms with E-state index < -0.39 is 0 Å². The Hall–Kier alpha value is -1.31. The van der Waals surface area contributed by atoms with Gasteiger partial charge in [-0.15, -0.1) is 0 Å². The van der Waals surface area contributed by atoms with Crippen molar-refractivity contribution in [1.82, 2.24) is 4.90 Å². The number of carbonyl (C=O) groups is 1. The van der Waals surface area contributed by atoms with Gasteiger partial charge in [0.25, 0.3) is 5.91 Å². The van der Waals surface area contributed by atoms with Crippen molar-refractivity contribution in [3.05, 3.63) is 35.4 Å². The summed E-state index contributed by atoms with van der Waals surface area (Å²) in [6.45, 7) is 1.87. The first kappa shape index (κ1) is 12.7. The second kappa shape index (κ2) is 5.77. The van der Waals surface area contributed by atoms with E-state index in [1.807, 2.05) is 17.0 Å². The zero-order chi connectivity index (χ0) is 13.1. The number of hydrogen-bond donors (Lipinski definition) is 0. The Kier molecular flexibility index (Phi) is 3.86. The van der Waals surface area contributed by atoms with Gasteiger partial charge in [0.05, 0.1) is 0 Å². The molecule has 1 saturated carbocycles. The number of amides is 1. The minimum atomic E-state index is 0.215. The van der Waals surface area contributed by atoms with Crippen molar-refractivity contribution < 1.29 is 4.79 Å². The highest BCUT2D eigenvalue weighted by atomic mass is 16.2. The molecule has 102 valence electrons. The molecule has 1 aromatic carbocycles. The molecule has 3 rings (SSSR count). The Morgan fingerprint density at radius 1 is 0.895 bits per heavy atom. The van der Waals surface area contributed by atoms with Gasteiger partial charge < -0.3 is 4.90 Å². The first-order valence-corrected chi connectivity index (χ1v) is 7.74. The molecule has 2 aliphatic rings. The number of rotatable bonds is 2. The standard InChI is InChI=1S/C17H23NO/c19-17(18-12-4-5-13-18)16-10-8-15(9-11-16)14-6-2-1-3-7-14/h8-11,14H,1-7,12-13H2. The third kappa shape index (κ3) is 2.83. The average Bonchev–Trinajstić information content (AvgIpc) is 3.02. The van der Waals surface area contributed by atoms with Crippen molar-refractivity contribution in [2.75, 3.05) is 13.1 Å². The summed E-state index contributed by atoms with van der Waals surface area (Å²) in [6.07, 6.45) is 9.07. The molecule has 0 N–H and O–H groups in total. The molecular formula is C17H23NO. The summed E-state index contributed by atoms with van der Waals surface area (Å²) < 4.78 is 0. The predicted molar refractivity (Wildman–Crippen MR) is 77.4 cm³/mol. The van der Waals surface area contributed by atoms with Crippen LogP contribution in [0.2, 0.25) is 0 Å². The molecule has 19 heavy (non-hydrogen) atoms. The summed E-state index contributed by atoms with van der Waals surface area (Å²) in [5, 5.41) is 0. The SMILES string of the molecule is O=C(c1ccc(C2CCCCC2)cc1)N1CCCC1. The quantitative estimate of drug-likeness (QED) is 0.785. The third-order valence-electron chi connectivity index (χ3n) is 4.63. The molecule has 2 heteroatoms. The number of hydrogen-bond acceptors (Lipinski definition) is 1. The largest absolute Gasteiger partial charge is 0.339 e. The maximum absolute atomic E-state index is 12.3. The van der Waals surface area contributed by atoms with Crippen LogP contribution in [0.1, 0.15) is 66.8 Å². The van der Waals surface area contributed by atoms with Gasteiger partial charge in [-0.2, -0.15) is 0 Å². The van der Waals surface area contributed by atoms with Gasteiger partial charge in [0.1, 0.15) is 0 Å². The summed E-state index contributed by atoms with van der Waals surface area (Å²) >= 11 is 0. The Labute approximate surface area is 115 Å². The van der Waals surface area contributed by atoms with Gasteiger partial charge in [0, 0.05) is 18.7 Å². The lowest BCUT2D eigenvalue weighted by Gasteiger charge is -2.22. The van der Waals surface area contributed by atoms with Gasteiger partial charge in [-0.3, -0.25) is 4.79 Å². The van der Waals surface area contributed by atoms with Crippen LogP contribution in [0.4, 0.5) is 0 Å². The Morgan fingerprint density at radius 2 is 1.53 bits per heavy atom. The van der Waals surface area contributed by atoms with Crippen LogP contribution in [0.25, 0.3) is 0 Å². The lowest BCUT2D eigenvalue weighted by molar-refractivity contribution is 0.0793. The molecule has 1 aromatic rings. The first-order chi connectivity index (χ1) is 9.34. The number of nitrogens with zero attached hydrogens (tertiary/aromatic N) is 1. The van der Waals surface area contributed by atoms with E-state index >= 15 is 0 Å². The zero-order valence-electron chi connectivity index (χ0n) is 11.6. The fourth-order valence-corrected chi connectivity index (χ4v) is 3.44. The second-order valence-corrected chi connectivity index (χ2v) is 5.96. The maximum atomic E-state index is 12.3. The highest BCUT2D eigenvalue weighted by molar-refractivity contribution is 5.94. The smallest absolute Gasteiger partial charge is 0.253 e. The normalized spacial score (nSPS) is 20.7. The van der Waals surface area contributed by atoms with Crippen LogP contribution in [0.15, 0.2) is 24.3 Å². The van der Waals surface area contributed by atoms with Crippen molar-refractivity contribution in [3.8, 4) is 0 Å². The van der Waals surface area contributed by atoms with E-state index in [2.05, 4.69) is 12.1 Å². The van der Waals surface area contributed by atoms with Crippen molar-refractivity contribution in [3.63, 3.8) is 0 Å². The van der Waals surface area contributed by atoms with Crippen LogP contribution in [0, 0.1) is 0 Å². The minimum absolute atomic E-state index is 0.215. The van der Waals surface area contributed by atoms with E-state index in [0.717, 1.165) is 37.4 Å². The predicted octanol–water partition coefficient (Wildman–Crippen LogP) is 3.97. The summed E-state index contributed by atoms with van der Waals surface area (Å²) in [7, 11) is 0. The molecule has 1 saturated heterocycles. The van der Waals surface area contributed by atoms with E-state index in [-0.39, 0.29) is 5.91 Å². The molecule has 0 atom stereocenters. The highest BCUT2D eigenvalue weighted by Crippen LogP contribution is 2.32. The van der Waals surface area contributed by atoms with E-state index in [4.69, 9.17) is 0 Å². The number of benzene rings is 1. The van der Waals surface area contributed by atoms with Gasteiger partial charge in [-0.25, -0.2) is 0 Å². The van der Waals surface area contributed by atoms with Crippen molar-refractivity contribution in [1.29, 1.82) is 0 Å². The van der Waals surface area contributed by atoms with Crippen molar-refractivity contribution in [2.45, 2.75) is 50.9 Å². The van der Waals surface area contributed by atoms with Gasteiger partial charge >= 0.3 is 0 Å². The summed E-state index contributed by atoms with van der Waals surface area (Å²) in [6, 6.07) is 8.42. The molecule has 0 radical (unpaired) electrons. The van der Waals surface area contributed by atoms with E-state index in [1.54, 1.807) is 0 Å². The fourth-order valence-electron chi connectivity index (χ4n) is 3.44. The Morgan fingerprint density at radius 3 is 2.16 bits per heavy atom. The van der Waals surface area contributed by atoms with Crippen LogP contribution in [-0.4, -0.2) is 23.9 Å². The molecule has 2 nitrogen and oxygen atoms in total. The molecule has 0 unspecified atom stereocenters. The lowest BCUT2D eigenvalue weighted by Crippen LogP contribution is -2.27. The van der Waals surface area contributed by atoms with Gasteiger partial charge in [-0.05, 0) is 49.3 Å². The molecule has 1 aliphatic heterocycles. The Bertz CT molecular complexity index is 425. The average molecular weight is 257 g/mol. The third-order valence-corrected chi connectivity index (χ3v) is 4.63. The minimum Gasteiger partial charge on any atom is -0.339 e. The number of carbonyl (C=O) groups excluding carboxylic acids is 1. The lowest BCUT2D eigenvalue weighted by atomic mass is 9.84. The van der Waals surface area contributed by atoms with Gasteiger partial charge in [0.15, 0.2) is 0 Å². The highest BCUT2D eigenvalue weighted by Gasteiger charge is 2.20. The maximum Gasteiger partial charge on any atom is 0.253 e. The van der Waals surface area contributed by atoms with Crippen LogP contribution >= 0.6 is 0 Å².